The number of hydrogen-bond acceptors (Lipinski definition) is 4. The van der Waals surface area contributed by atoms with Crippen molar-refractivity contribution in [2.75, 3.05) is 5.32 Å². The average molecular weight is 477 g/mol. The molecule has 0 bridgehead atoms. The van der Waals surface area contributed by atoms with Crippen molar-refractivity contribution in [2.24, 2.45) is 0 Å². The molecule has 0 unspecified atom stereocenters. The van der Waals surface area contributed by atoms with E-state index in [0.29, 0.717) is 33.2 Å². The number of benzene rings is 2. The van der Waals surface area contributed by atoms with Crippen LogP contribution in [0.1, 0.15) is 16.1 Å². The largest absolute Gasteiger partial charge is 0.468 e. The summed E-state index contributed by atoms with van der Waals surface area (Å²) in [5.74, 6) is 0.375. The standard InChI is InChI=1S/C21H16Cl3N5O2/c22-15-5-2-1-4-14(15)12-28-11-9-19(27-28)25-21(30)18-8-10-29(26-18)13-31-20-16(23)6-3-7-17(20)24/h1-11H,12-13H2,(H,25,27,30). The second-order valence-corrected chi connectivity index (χ2v) is 7.73. The lowest BCUT2D eigenvalue weighted by molar-refractivity contribution is 0.101. The molecule has 0 spiro atoms. The molecule has 0 saturated carbocycles. The van der Waals surface area contributed by atoms with E-state index < -0.39 is 5.91 Å². The molecule has 7 nitrogen and oxygen atoms in total. The summed E-state index contributed by atoms with van der Waals surface area (Å²) in [6.45, 7) is 0.537. The molecule has 4 rings (SSSR count). The van der Waals surface area contributed by atoms with Gasteiger partial charge in [-0.05, 0) is 29.8 Å². The molecule has 2 aromatic carbocycles. The highest BCUT2D eigenvalue weighted by atomic mass is 35.5. The van der Waals surface area contributed by atoms with Crippen LogP contribution < -0.4 is 10.1 Å². The summed E-state index contributed by atoms with van der Waals surface area (Å²) in [7, 11) is 0. The summed E-state index contributed by atoms with van der Waals surface area (Å²) in [5.41, 5.74) is 1.15. The number of amides is 1. The van der Waals surface area contributed by atoms with Crippen LogP contribution in [0.25, 0.3) is 0 Å². The molecule has 0 aliphatic carbocycles. The van der Waals surface area contributed by atoms with Gasteiger partial charge in [0.05, 0.1) is 16.6 Å². The van der Waals surface area contributed by atoms with Crippen molar-refractivity contribution in [2.45, 2.75) is 13.3 Å². The maximum atomic E-state index is 12.5. The topological polar surface area (TPSA) is 74.0 Å². The lowest BCUT2D eigenvalue weighted by Gasteiger charge is -2.09. The van der Waals surface area contributed by atoms with Crippen LogP contribution in [0.3, 0.4) is 0 Å². The van der Waals surface area contributed by atoms with Crippen LogP contribution in [0.2, 0.25) is 15.1 Å². The number of anilines is 1. The molecule has 10 heteroatoms. The number of rotatable bonds is 7. The molecule has 2 heterocycles. The van der Waals surface area contributed by atoms with Gasteiger partial charge in [-0.3, -0.25) is 9.48 Å². The molecule has 1 N–H and O–H groups in total. The lowest BCUT2D eigenvalue weighted by Crippen LogP contribution is -2.15. The number of carbonyl (C=O) groups is 1. The number of aromatic nitrogens is 4. The fourth-order valence-corrected chi connectivity index (χ4v) is 3.51. The third-order valence-electron chi connectivity index (χ3n) is 4.31. The van der Waals surface area contributed by atoms with Gasteiger partial charge >= 0.3 is 0 Å². The fourth-order valence-electron chi connectivity index (χ4n) is 2.80. The summed E-state index contributed by atoms with van der Waals surface area (Å²) < 4.78 is 8.77. The zero-order valence-corrected chi connectivity index (χ0v) is 18.3. The Hall–Kier alpha value is -3.00. The molecular formula is C21H16Cl3N5O2. The van der Waals surface area contributed by atoms with Crippen molar-refractivity contribution in [1.82, 2.24) is 19.6 Å². The Kier molecular flexibility index (Phi) is 6.46. The first-order valence-electron chi connectivity index (χ1n) is 9.18. The molecule has 2 aromatic heterocycles. The van der Waals surface area contributed by atoms with Crippen molar-refractivity contribution in [3.8, 4) is 5.75 Å². The summed E-state index contributed by atoms with van der Waals surface area (Å²) in [6.07, 6.45) is 3.38. The van der Waals surface area contributed by atoms with Crippen LogP contribution in [-0.4, -0.2) is 25.5 Å². The Bertz CT molecular complexity index is 1200. The Balaban J connectivity index is 1.36. The van der Waals surface area contributed by atoms with Crippen LogP contribution in [-0.2, 0) is 13.3 Å². The maximum absolute atomic E-state index is 12.5. The summed E-state index contributed by atoms with van der Waals surface area (Å²) in [5, 5.41) is 12.7. The van der Waals surface area contributed by atoms with Gasteiger partial charge in [0, 0.05) is 23.5 Å². The minimum Gasteiger partial charge on any atom is -0.468 e. The smallest absolute Gasteiger partial charge is 0.277 e. The Labute approximate surface area is 193 Å². The van der Waals surface area contributed by atoms with E-state index in [4.69, 9.17) is 39.5 Å². The summed E-state index contributed by atoms with van der Waals surface area (Å²) >= 11 is 18.4. The van der Waals surface area contributed by atoms with E-state index in [-0.39, 0.29) is 12.4 Å². The Morgan fingerprint density at radius 2 is 1.58 bits per heavy atom. The number of halogens is 3. The summed E-state index contributed by atoms with van der Waals surface area (Å²) in [4.78, 5) is 12.5. The molecular weight excluding hydrogens is 461 g/mol. The van der Waals surface area contributed by atoms with E-state index >= 15 is 0 Å². The predicted octanol–water partition coefficient (Wildman–Crippen LogP) is 5.38. The second-order valence-electron chi connectivity index (χ2n) is 6.51. The second kappa shape index (κ2) is 9.43. The van der Waals surface area contributed by atoms with Gasteiger partial charge in [0.25, 0.3) is 5.91 Å². The first kappa shape index (κ1) is 21.2. The van der Waals surface area contributed by atoms with Crippen LogP contribution in [0, 0.1) is 0 Å². The van der Waals surface area contributed by atoms with E-state index in [0.717, 1.165) is 5.56 Å². The van der Waals surface area contributed by atoms with Crippen molar-refractivity contribution in [3.63, 3.8) is 0 Å². The van der Waals surface area contributed by atoms with E-state index in [1.165, 1.54) is 4.68 Å². The lowest BCUT2D eigenvalue weighted by atomic mass is 10.2. The summed E-state index contributed by atoms with van der Waals surface area (Å²) in [6, 6.07) is 15.9. The van der Waals surface area contributed by atoms with Crippen molar-refractivity contribution in [1.29, 1.82) is 0 Å². The highest BCUT2D eigenvalue weighted by Crippen LogP contribution is 2.32. The molecule has 158 valence electrons. The normalized spacial score (nSPS) is 10.8. The third kappa shape index (κ3) is 5.19. The van der Waals surface area contributed by atoms with Crippen molar-refractivity contribution < 1.29 is 9.53 Å². The van der Waals surface area contributed by atoms with Gasteiger partial charge in [-0.1, -0.05) is 59.1 Å². The van der Waals surface area contributed by atoms with E-state index in [2.05, 4.69) is 15.5 Å². The molecule has 0 aliphatic heterocycles. The minimum atomic E-state index is -0.391. The van der Waals surface area contributed by atoms with E-state index in [1.807, 2.05) is 24.3 Å². The third-order valence-corrected chi connectivity index (χ3v) is 5.27. The van der Waals surface area contributed by atoms with E-state index in [1.54, 1.807) is 47.4 Å². The molecule has 0 radical (unpaired) electrons. The molecule has 0 saturated heterocycles. The Morgan fingerprint density at radius 3 is 2.35 bits per heavy atom. The zero-order chi connectivity index (χ0) is 21.8. The Morgan fingerprint density at radius 1 is 0.871 bits per heavy atom. The molecule has 1 amide bonds. The molecule has 0 fully saturated rings. The van der Waals surface area contributed by atoms with E-state index in [9.17, 15) is 4.79 Å². The zero-order valence-electron chi connectivity index (χ0n) is 16.0. The highest BCUT2D eigenvalue weighted by Gasteiger charge is 2.13. The number of nitrogens with one attached hydrogen (secondary N) is 1. The van der Waals surface area contributed by atoms with Gasteiger partial charge in [-0.25, -0.2) is 4.68 Å². The van der Waals surface area contributed by atoms with Crippen molar-refractivity contribution in [3.05, 3.63) is 93.3 Å². The number of nitrogens with zero attached hydrogens (tertiary/aromatic N) is 4. The van der Waals surface area contributed by atoms with Gasteiger partial charge in [-0.2, -0.15) is 10.2 Å². The maximum Gasteiger partial charge on any atom is 0.277 e. The number of para-hydroxylation sites is 1. The van der Waals surface area contributed by atoms with Gasteiger partial charge in [0.1, 0.15) is 0 Å². The SMILES string of the molecule is O=C(Nc1ccn(Cc2ccccc2Cl)n1)c1ccn(COc2c(Cl)cccc2Cl)n1. The van der Waals surface area contributed by atoms with Crippen LogP contribution in [0.4, 0.5) is 5.82 Å². The van der Waals surface area contributed by atoms with Crippen molar-refractivity contribution >= 4 is 46.5 Å². The molecule has 31 heavy (non-hydrogen) atoms. The first-order valence-corrected chi connectivity index (χ1v) is 10.3. The first-order chi connectivity index (χ1) is 15.0. The van der Waals surface area contributed by atoms with Gasteiger partial charge in [-0.15, -0.1) is 0 Å². The fraction of sp³-hybridized carbons (Fsp3) is 0.0952. The number of carbonyl (C=O) groups excluding carboxylic acids is 1. The molecule has 0 atom stereocenters. The van der Waals surface area contributed by atoms with Crippen LogP contribution in [0.15, 0.2) is 67.0 Å². The monoisotopic (exact) mass is 475 g/mol. The van der Waals surface area contributed by atoms with Gasteiger partial charge < -0.3 is 10.1 Å². The van der Waals surface area contributed by atoms with Gasteiger partial charge in [0.15, 0.2) is 24.0 Å². The predicted molar refractivity (Wildman–Crippen MR) is 120 cm³/mol. The van der Waals surface area contributed by atoms with Gasteiger partial charge in [0.2, 0.25) is 0 Å². The average Bonchev–Trinajstić information content (AvgIpc) is 3.39. The number of hydrogen-bond donors (Lipinski definition) is 1. The molecule has 4 aromatic rings. The van der Waals surface area contributed by atoms with Crippen LogP contribution >= 0.6 is 34.8 Å². The van der Waals surface area contributed by atoms with Crippen LogP contribution in [0.5, 0.6) is 5.75 Å². The highest BCUT2D eigenvalue weighted by molar-refractivity contribution is 6.37. The molecule has 0 aliphatic rings. The number of ether oxygens (including phenoxy) is 1. The minimum absolute atomic E-state index is 0.0448. The quantitative estimate of drug-likeness (QED) is 0.389.